The first-order valence-corrected chi connectivity index (χ1v) is 11.8. The third-order valence-corrected chi connectivity index (χ3v) is 6.03. The van der Waals surface area contributed by atoms with Crippen molar-refractivity contribution >= 4 is 16.5 Å². The van der Waals surface area contributed by atoms with Gasteiger partial charge in [-0.1, -0.05) is 48.5 Å². The van der Waals surface area contributed by atoms with Crippen LogP contribution in [0.2, 0.25) is 0 Å². The summed E-state index contributed by atoms with van der Waals surface area (Å²) in [5, 5.41) is 44.1. The van der Waals surface area contributed by atoms with Gasteiger partial charge in [0.1, 0.15) is 18.1 Å². The van der Waals surface area contributed by atoms with E-state index < -0.39 is 17.1 Å². The number of aromatic hydroxyl groups is 1. The number of fused-ring (bicyclic) bond motifs is 1. The molecule has 0 aliphatic heterocycles. The van der Waals surface area contributed by atoms with Gasteiger partial charge in [0.05, 0.1) is 17.1 Å². The van der Waals surface area contributed by atoms with Crippen LogP contribution in [-0.2, 0) is 0 Å². The molecule has 4 aromatic carbocycles. The minimum atomic E-state index is -0.915. The SMILES string of the molecule is O=[N+]([O-])c1ccc([C@H](O)CC(=C=CC[C@@H](O)c2ccc(O)c3ccccc23)COc2ccccc2)cc1. The summed E-state index contributed by atoms with van der Waals surface area (Å²) in [6.45, 7) is 0.169. The highest BCUT2D eigenvalue weighted by Crippen LogP contribution is 2.32. The number of non-ortho nitro benzene ring substituents is 1. The molecule has 0 bridgehead atoms. The zero-order valence-electron chi connectivity index (χ0n) is 20.0. The van der Waals surface area contributed by atoms with Crippen molar-refractivity contribution in [3.05, 3.63) is 130 Å². The molecular weight excluding hydrogens is 470 g/mol. The molecular formula is C30H27NO6. The average Bonchev–Trinajstić information content (AvgIpc) is 2.92. The number of nitro benzene ring substituents is 1. The lowest BCUT2D eigenvalue weighted by Gasteiger charge is -2.14. The first kappa shape index (κ1) is 25.7. The Morgan fingerprint density at radius 2 is 1.57 bits per heavy atom. The average molecular weight is 498 g/mol. The Balaban J connectivity index is 1.54. The Labute approximate surface area is 214 Å². The molecule has 3 N–H and O–H groups in total. The molecule has 0 heterocycles. The van der Waals surface area contributed by atoms with E-state index in [1.807, 2.05) is 48.5 Å². The molecule has 7 nitrogen and oxygen atoms in total. The minimum Gasteiger partial charge on any atom is -0.507 e. The van der Waals surface area contributed by atoms with Gasteiger partial charge in [-0.3, -0.25) is 10.1 Å². The number of para-hydroxylation sites is 1. The molecule has 0 saturated carbocycles. The van der Waals surface area contributed by atoms with Crippen LogP contribution in [0.25, 0.3) is 10.8 Å². The van der Waals surface area contributed by atoms with Crippen LogP contribution >= 0.6 is 0 Å². The van der Waals surface area contributed by atoms with Crippen molar-refractivity contribution < 1.29 is 25.0 Å². The zero-order valence-corrected chi connectivity index (χ0v) is 20.0. The maximum Gasteiger partial charge on any atom is 0.269 e. The Morgan fingerprint density at radius 3 is 2.27 bits per heavy atom. The number of phenols is 1. The number of rotatable bonds is 10. The van der Waals surface area contributed by atoms with Gasteiger partial charge in [0.15, 0.2) is 0 Å². The molecule has 7 heteroatoms. The molecule has 0 saturated heterocycles. The van der Waals surface area contributed by atoms with Gasteiger partial charge in [-0.2, -0.15) is 0 Å². The summed E-state index contributed by atoms with van der Waals surface area (Å²) in [5.41, 5.74) is 5.02. The van der Waals surface area contributed by atoms with Gasteiger partial charge < -0.3 is 20.1 Å². The van der Waals surface area contributed by atoms with Crippen molar-refractivity contribution in [2.24, 2.45) is 0 Å². The van der Waals surface area contributed by atoms with E-state index in [4.69, 9.17) is 4.74 Å². The summed E-state index contributed by atoms with van der Waals surface area (Å²) in [6, 6.07) is 25.6. The monoisotopic (exact) mass is 497 g/mol. The number of aliphatic hydroxyl groups excluding tert-OH is 2. The largest absolute Gasteiger partial charge is 0.507 e. The summed E-state index contributed by atoms with van der Waals surface area (Å²) < 4.78 is 5.86. The van der Waals surface area contributed by atoms with Crippen molar-refractivity contribution in [3.8, 4) is 11.5 Å². The summed E-state index contributed by atoms with van der Waals surface area (Å²) in [7, 11) is 0. The highest BCUT2D eigenvalue weighted by Gasteiger charge is 2.14. The summed E-state index contributed by atoms with van der Waals surface area (Å²) >= 11 is 0. The molecule has 2 atom stereocenters. The van der Waals surface area contributed by atoms with Gasteiger partial charge in [0, 0.05) is 35.9 Å². The molecule has 0 unspecified atom stereocenters. The number of benzene rings is 4. The first-order valence-electron chi connectivity index (χ1n) is 11.8. The fourth-order valence-corrected chi connectivity index (χ4v) is 4.06. The van der Waals surface area contributed by atoms with Crippen LogP contribution in [0.15, 0.2) is 108 Å². The maximum absolute atomic E-state index is 10.9. The lowest BCUT2D eigenvalue weighted by atomic mass is 9.97. The molecule has 0 aliphatic carbocycles. The summed E-state index contributed by atoms with van der Waals surface area (Å²) in [6.07, 6.45) is 0.422. The van der Waals surface area contributed by atoms with Gasteiger partial charge in [0.2, 0.25) is 0 Å². The number of hydrogen-bond acceptors (Lipinski definition) is 6. The van der Waals surface area contributed by atoms with Gasteiger partial charge in [0.25, 0.3) is 5.69 Å². The number of nitrogens with zero attached hydrogens (tertiary/aromatic N) is 1. The number of nitro groups is 1. The molecule has 4 aromatic rings. The Bertz CT molecular complexity index is 1430. The normalized spacial score (nSPS) is 12.4. The molecule has 0 spiro atoms. The third kappa shape index (κ3) is 6.63. The molecule has 0 radical (unpaired) electrons. The van der Waals surface area contributed by atoms with Crippen molar-refractivity contribution in [1.82, 2.24) is 0 Å². The number of ether oxygens (including phenoxy) is 1. The molecule has 0 aliphatic rings. The van der Waals surface area contributed by atoms with E-state index in [0.717, 1.165) is 5.39 Å². The van der Waals surface area contributed by atoms with E-state index in [2.05, 4.69) is 5.73 Å². The molecule has 0 fully saturated rings. The van der Waals surface area contributed by atoms with E-state index >= 15 is 0 Å². The predicted octanol–water partition coefficient (Wildman–Crippen LogP) is 6.16. The molecule has 4 rings (SSSR count). The quantitative estimate of drug-likeness (QED) is 0.137. The number of aliphatic hydroxyl groups is 2. The van der Waals surface area contributed by atoms with Crippen LogP contribution in [0.3, 0.4) is 0 Å². The third-order valence-electron chi connectivity index (χ3n) is 6.03. The second-order valence-electron chi connectivity index (χ2n) is 8.59. The second kappa shape index (κ2) is 12.0. The standard InChI is InChI=1S/C30H27NO6/c32-28(27-17-18-29(33)26-11-5-4-10-25(26)27)12-6-7-21(20-37-24-8-2-1-3-9-24)19-30(34)22-13-15-23(16-14-22)31(35)36/h1-6,8-11,13-18,28,30,32-34H,12,19-20H2/t7?,28-,30-/m1/s1. The van der Waals surface area contributed by atoms with Crippen LogP contribution < -0.4 is 4.74 Å². The van der Waals surface area contributed by atoms with Crippen LogP contribution in [0, 0.1) is 10.1 Å². The molecule has 37 heavy (non-hydrogen) atoms. The van der Waals surface area contributed by atoms with E-state index in [1.165, 1.54) is 24.3 Å². The zero-order chi connectivity index (χ0) is 26.2. The van der Waals surface area contributed by atoms with Crippen LogP contribution in [-0.4, -0.2) is 26.8 Å². The summed E-state index contributed by atoms with van der Waals surface area (Å²) in [4.78, 5) is 10.4. The Hall–Kier alpha value is -4.42. The lowest BCUT2D eigenvalue weighted by Crippen LogP contribution is -2.06. The van der Waals surface area contributed by atoms with Gasteiger partial charge in [-0.15, -0.1) is 5.73 Å². The van der Waals surface area contributed by atoms with Crippen molar-refractivity contribution in [3.63, 3.8) is 0 Å². The fourth-order valence-electron chi connectivity index (χ4n) is 4.06. The topological polar surface area (TPSA) is 113 Å². The van der Waals surface area contributed by atoms with Crippen molar-refractivity contribution in [2.45, 2.75) is 25.0 Å². The Morgan fingerprint density at radius 1 is 0.892 bits per heavy atom. The van der Waals surface area contributed by atoms with Crippen LogP contribution in [0.4, 0.5) is 5.69 Å². The number of hydrogen-bond donors (Lipinski definition) is 3. The number of phenolic OH excluding ortho intramolecular Hbond substituents is 1. The molecule has 0 amide bonds. The fraction of sp³-hybridized carbons (Fsp3) is 0.167. The highest BCUT2D eigenvalue weighted by molar-refractivity contribution is 5.91. The first-order chi connectivity index (χ1) is 17.9. The van der Waals surface area contributed by atoms with Crippen LogP contribution in [0.5, 0.6) is 11.5 Å². The summed E-state index contributed by atoms with van der Waals surface area (Å²) in [5.74, 6) is 0.824. The lowest BCUT2D eigenvalue weighted by molar-refractivity contribution is -0.384. The molecule has 188 valence electrons. The second-order valence-corrected chi connectivity index (χ2v) is 8.59. The van der Waals surface area contributed by atoms with Gasteiger partial charge >= 0.3 is 0 Å². The van der Waals surface area contributed by atoms with E-state index in [-0.39, 0.29) is 30.9 Å². The smallest absolute Gasteiger partial charge is 0.269 e. The van der Waals surface area contributed by atoms with E-state index in [1.54, 1.807) is 24.3 Å². The maximum atomic E-state index is 10.9. The van der Waals surface area contributed by atoms with E-state index in [9.17, 15) is 25.4 Å². The minimum absolute atomic E-state index is 0.0465. The van der Waals surface area contributed by atoms with Gasteiger partial charge in [-0.25, -0.2) is 0 Å². The van der Waals surface area contributed by atoms with Gasteiger partial charge in [-0.05, 0) is 52.9 Å². The molecule has 0 aromatic heterocycles. The Kier molecular flexibility index (Phi) is 8.33. The highest BCUT2D eigenvalue weighted by atomic mass is 16.6. The van der Waals surface area contributed by atoms with Crippen molar-refractivity contribution in [2.75, 3.05) is 6.61 Å². The predicted molar refractivity (Wildman–Crippen MR) is 141 cm³/mol. The van der Waals surface area contributed by atoms with E-state index in [0.29, 0.717) is 27.8 Å². The van der Waals surface area contributed by atoms with Crippen LogP contribution in [0.1, 0.15) is 36.2 Å². The van der Waals surface area contributed by atoms with Crippen molar-refractivity contribution in [1.29, 1.82) is 0 Å².